The predicted octanol–water partition coefficient (Wildman–Crippen LogP) is 4.81. The molecule has 0 radical (unpaired) electrons. The molecule has 2 saturated heterocycles. The Kier molecular flexibility index (Phi) is 7.16. The lowest BCUT2D eigenvalue weighted by Gasteiger charge is -2.25. The maximum absolute atomic E-state index is 14.0. The lowest BCUT2D eigenvalue weighted by molar-refractivity contribution is -0.117. The summed E-state index contributed by atoms with van der Waals surface area (Å²) in [6.45, 7) is 6.41. The summed E-state index contributed by atoms with van der Waals surface area (Å²) in [7, 11) is 0. The van der Waals surface area contributed by atoms with E-state index < -0.39 is 5.54 Å². The highest BCUT2D eigenvalue weighted by Crippen LogP contribution is 2.36. The second-order valence-corrected chi connectivity index (χ2v) is 12.1. The number of hydrogen-bond acceptors (Lipinski definition) is 9. The molecule has 0 bridgehead atoms. The molecule has 41 heavy (non-hydrogen) atoms. The first-order chi connectivity index (χ1) is 19.7. The van der Waals surface area contributed by atoms with Crippen LogP contribution in [0.1, 0.15) is 78.1 Å². The zero-order valence-corrected chi connectivity index (χ0v) is 24.2. The Labute approximate surface area is 242 Å². The molecular formula is C30H33N7O3S. The maximum Gasteiger partial charge on any atom is 0.266 e. The van der Waals surface area contributed by atoms with E-state index >= 15 is 0 Å². The summed E-state index contributed by atoms with van der Waals surface area (Å²) in [5.41, 5.74) is 8.44. The summed E-state index contributed by atoms with van der Waals surface area (Å²) in [4.78, 5) is 39.8. The molecule has 2 aliphatic heterocycles. The van der Waals surface area contributed by atoms with Crippen molar-refractivity contribution in [3.63, 3.8) is 0 Å². The Morgan fingerprint density at radius 1 is 1.17 bits per heavy atom. The van der Waals surface area contributed by atoms with Crippen molar-refractivity contribution in [3.05, 3.63) is 75.6 Å². The summed E-state index contributed by atoms with van der Waals surface area (Å²) in [5.74, 6) is 0.647. The van der Waals surface area contributed by atoms with Gasteiger partial charge in [-0.25, -0.2) is 9.97 Å². The van der Waals surface area contributed by atoms with Gasteiger partial charge in [-0.15, -0.1) is 21.5 Å². The number of aryl methyl sites for hydroxylation is 1. The molecule has 0 aliphatic carbocycles. The minimum absolute atomic E-state index is 0.0264. The summed E-state index contributed by atoms with van der Waals surface area (Å²) in [6, 6.07) is 13.1. The molecule has 0 saturated carbocycles. The lowest BCUT2D eigenvalue weighted by Crippen LogP contribution is -2.35. The molecule has 1 aromatic carbocycles. The van der Waals surface area contributed by atoms with Crippen LogP contribution in [0, 0.1) is 6.92 Å². The molecule has 3 aromatic heterocycles. The van der Waals surface area contributed by atoms with Gasteiger partial charge in [0.2, 0.25) is 11.8 Å². The average molecular weight is 572 g/mol. The van der Waals surface area contributed by atoms with Gasteiger partial charge in [0.05, 0.1) is 11.6 Å². The van der Waals surface area contributed by atoms with Gasteiger partial charge in [-0.1, -0.05) is 30.3 Å². The zero-order valence-electron chi connectivity index (χ0n) is 23.4. The Morgan fingerprint density at radius 3 is 2.68 bits per heavy atom. The van der Waals surface area contributed by atoms with E-state index in [1.54, 1.807) is 28.4 Å². The molecule has 6 rings (SSSR count). The van der Waals surface area contributed by atoms with Crippen molar-refractivity contribution in [2.45, 2.75) is 70.5 Å². The van der Waals surface area contributed by atoms with Gasteiger partial charge in [0.25, 0.3) is 11.8 Å². The summed E-state index contributed by atoms with van der Waals surface area (Å²) in [5, 5.41) is 11.5. The Hall–Kier alpha value is -3.96. The van der Waals surface area contributed by atoms with Crippen LogP contribution in [0.4, 0.5) is 5.82 Å². The maximum atomic E-state index is 14.0. The fourth-order valence-corrected chi connectivity index (χ4v) is 6.61. The fourth-order valence-electron chi connectivity index (χ4n) is 5.66. The number of hydrogen-bond donors (Lipinski definition) is 1. The van der Waals surface area contributed by atoms with Crippen molar-refractivity contribution in [1.82, 2.24) is 25.1 Å². The minimum Gasteiger partial charge on any atom is -0.417 e. The first-order valence-corrected chi connectivity index (χ1v) is 14.8. The fraction of sp³-hybridized carbons (Fsp3) is 0.400. The number of anilines is 1. The first kappa shape index (κ1) is 27.2. The van der Waals surface area contributed by atoms with Gasteiger partial charge in [-0.2, -0.15) is 0 Å². The molecule has 5 heterocycles. The SMILES string of the molecule is Cc1csc([C@H]2CCCN2C(=O)c2cc(-c3nnc([C@](C)(N)Cc4ccccc4)o3)nc(N3C(=O)CCC3C)c2)n1. The van der Waals surface area contributed by atoms with Gasteiger partial charge >= 0.3 is 0 Å². The smallest absolute Gasteiger partial charge is 0.266 e. The van der Waals surface area contributed by atoms with E-state index in [1.165, 1.54) is 0 Å². The number of nitrogens with two attached hydrogens (primary N) is 1. The number of rotatable bonds is 7. The number of nitrogens with zero attached hydrogens (tertiary/aromatic N) is 6. The van der Waals surface area contributed by atoms with E-state index in [0.717, 1.165) is 35.5 Å². The van der Waals surface area contributed by atoms with Gasteiger partial charge in [-0.05, 0) is 64.2 Å². The normalized spacial score (nSPS) is 20.5. The van der Waals surface area contributed by atoms with Crippen molar-refractivity contribution in [1.29, 1.82) is 0 Å². The number of carbonyl (C=O) groups is 2. The van der Waals surface area contributed by atoms with Gasteiger partial charge in [0, 0.05) is 35.6 Å². The zero-order chi connectivity index (χ0) is 28.7. The first-order valence-electron chi connectivity index (χ1n) is 13.9. The summed E-state index contributed by atoms with van der Waals surface area (Å²) < 4.78 is 6.09. The molecule has 1 unspecified atom stereocenters. The van der Waals surface area contributed by atoms with E-state index in [9.17, 15) is 9.59 Å². The Morgan fingerprint density at radius 2 is 1.98 bits per heavy atom. The molecule has 2 aliphatic rings. The van der Waals surface area contributed by atoms with Crippen LogP contribution in [0.2, 0.25) is 0 Å². The van der Waals surface area contributed by atoms with Gasteiger partial charge < -0.3 is 15.1 Å². The second kappa shape index (κ2) is 10.8. The van der Waals surface area contributed by atoms with Crippen LogP contribution < -0.4 is 10.6 Å². The Balaban J connectivity index is 1.36. The molecule has 10 nitrogen and oxygen atoms in total. The molecule has 2 amide bonds. The molecule has 2 N–H and O–H groups in total. The Bertz CT molecular complexity index is 1580. The summed E-state index contributed by atoms with van der Waals surface area (Å²) in [6.07, 6.45) is 3.41. The lowest BCUT2D eigenvalue weighted by atomic mass is 9.94. The van der Waals surface area contributed by atoms with Crippen molar-refractivity contribution in [2.24, 2.45) is 5.73 Å². The third kappa shape index (κ3) is 5.39. The van der Waals surface area contributed by atoms with Crippen molar-refractivity contribution in [2.75, 3.05) is 11.4 Å². The van der Waals surface area contributed by atoms with Crippen molar-refractivity contribution in [3.8, 4) is 11.6 Å². The van der Waals surface area contributed by atoms with Crippen LogP contribution in [-0.4, -0.2) is 49.5 Å². The van der Waals surface area contributed by atoms with E-state index in [2.05, 4.69) is 15.2 Å². The second-order valence-electron chi connectivity index (χ2n) is 11.2. The quantitative estimate of drug-likeness (QED) is 0.334. The molecular weight excluding hydrogens is 538 g/mol. The van der Waals surface area contributed by atoms with Crippen LogP contribution in [0.3, 0.4) is 0 Å². The minimum atomic E-state index is -0.920. The number of carbonyl (C=O) groups excluding carboxylic acids is 2. The molecule has 0 spiro atoms. The van der Waals surface area contributed by atoms with Crippen LogP contribution in [-0.2, 0) is 16.8 Å². The number of likely N-dealkylation sites (tertiary alicyclic amines) is 1. The number of thiazole rings is 1. The van der Waals surface area contributed by atoms with Gasteiger partial charge in [-0.3, -0.25) is 14.5 Å². The molecule has 11 heteroatoms. The van der Waals surface area contributed by atoms with Gasteiger partial charge in [0.1, 0.15) is 16.5 Å². The highest BCUT2D eigenvalue weighted by atomic mass is 32.1. The molecule has 212 valence electrons. The molecule has 2 fully saturated rings. The number of benzene rings is 1. The van der Waals surface area contributed by atoms with Crippen LogP contribution in [0.5, 0.6) is 0 Å². The number of pyridine rings is 1. The third-order valence-electron chi connectivity index (χ3n) is 7.77. The van der Waals surface area contributed by atoms with E-state index in [0.29, 0.717) is 36.5 Å². The van der Waals surface area contributed by atoms with Crippen molar-refractivity contribution < 1.29 is 14.0 Å². The van der Waals surface area contributed by atoms with Crippen LogP contribution in [0.25, 0.3) is 11.6 Å². The predicted molar refractivity (Wildman–Crippen MR) is 155 cm³/mol. The molecule has 3 atom stereocenters. The van der Waals surface area contributed by atoms with Gasteiger partial charge in [0.15, 0.2) is 0 Å². The topological polar surface area (TPSA) is 131 Å². The monoisotopic (exact) mass is 571 g/mol. The third-order valence-corrected chi connectivity index (χ3v) is 8.84. The number of amides is 2. The van der Waals surface area contributed by atoms with Crippen molar-refractivity contribution >= 4 is 29.0 Å². The van der Waals surface area contributed by atoms with E-state index in [4.69, 9.17) is 15.1 Å². The van der Waals surface area contributed by atoms with E-state index in [-0.39, 0.29) is 35.7 Å². The largest absolute Gasteiger partial charge is 0.417 e. The highest BCUT2D eigenvalue weighted by Gasteiger charge is 2.36. The van der Waals surface area contributed by atoms with Crippen LogP contribution >= 0.6 is 11.3 Å². The molecule has 4 aromatic rings. The summed E-state index contributed by atoms with van der Waals surface area (Å²) >= 11 is 1.58. The highest BCUT2D eigenvalue weighted by molar-refractivity contribution is 7.09. The standard InChI is InChI=1S/C30H33N7O3S/c1-18-17-41-27(32-18)23-10-7-13-36(23)28(39)21-14-22(33-24(15-21)37-19(2)11-12-25(37)38)26-34-35-29(40-26)30(3,31)16-20-8-5-4-6-9-20/h4-6,8-9,14-15,17,19,23H,7,10-13,16,31H2,1-3H3/t19?,23-,30-/m1/s1. The number of aromatic nitrogens is 4. The van der Waals surface area contributed by atoms with E-state index in [1.807, 2.05) is 61.4 Å². The average Bonchev–Trinajstić information content (AvgIpc) is 3.76. The van der Waals surface area contributed by atoms with Crippen LogP contribution in [0.15, 0.2) is 52.3 Å².